The van der Waals surface area contributed by atoms with E-state index in [1.165, 1.54) is 32.1 Å². The van der Waals surface area contributed by atoms with E-state index < -0.39 is 0 Å². The zero-order valence-electron chi connectivity index (χ0n) is 13.6. The van der Waals surface area contributed by atoms with Gasteiger partial charge in [-0.2, -0.15) is 0 Å². The molecule has 1 aliphatic heterocycles. The van der Waals surface area contributed by atoms with Gasteiger partial charge in [-0.25, -0.2) is 0 Å². The van der Waals surface area contributed by atoms with Gasteiger partial charge in [-0.1, -0.05) is 27.2 Å². The van der Waals surface area contributed by atoms with Crippen molar-refractivity contribution in [3.63, 3.8) is 0 Å². The zero-order chi connectivity index (χ0) is 14.6. The van der Waals surface area contributed by atoms with Crippen LogP contribution in [-0.2, 0) is 0 Å². The molecule has 0 atom stereocenters. The molecule has 1 spiro atoms. The molecule has 0 aromatic carbocycles. The molecule has 2 rings (SSSR count). The molecule has 1 aliphatic carbocycles. The highest BCUT2D eigenvalue weighted by molar-refractivity contribution is 5.81. The molecule has 0 unspecified atom stereocenters. The molecule has 0 saturated heterocycles. The van der Waals surface area contributed by atoms with E-state index in [0.29, 0.717) is 0 Å². The van der Waals surface area contributed by atoms with Crippen LogP contribution in [0.4, 0.5) is 0 Å². The standard InChI is InChI=1S/C16H32N4/c1-4-14-7-9-16(10-8-14)13-18-15(17)20(16)12-11-19(5-2)6-3/h14H,4-13H2,1-3H3,(H2,17,18). The number of guanidine groups is 1. The Bertz CT molecular complexity index is 327. The lowest BCUT2D eigenvalue weighted by atomic mass is 9.75. The molecule has 4 nitrogen and oxygen atoms in total. The van der Waals surface area contributed by atoms with Crippen molar-refractivity contribution >= 4 is 5.96 Å². The highest BCUT2D eigenvalue weighted by Gasteiger charge is 2.44. The van der Waals surface area contributed by atoms with Gasteiger partial charge in [-0.05, 0) is 44.7 Å². The van der Waals surface area contributed by atoms with Gasteiger partial charge in [0, 0.05) is 13.1 Å². The topological polar surface area (TPSA) is 44.9 Å². The molecule has 2 N–H and O–H groups in total. The van der Waals surface area contributed by atoms with Crippen LogP contribution in [-0.4, -0.2) is 54.0 Å². The van der Waals surface area contributed by atoms with Crippen molar-refractivity contribution in [1.82, 2.24) is 9.80 Å². The molecule has 0 amide bonds. The second-order valence-corrected chi connectivity index (χ2v) is 6.43. The largest absolute Gasteiger partial charge is 0.370 e. The van der Waals surface area contributed by atoms with Crippen LogP contribution in [0.1, 0.15) is 52.9 Å². The fourth-order valence-corrected chi connectivity index (χ4v) is 3.83. The van der Waals surface area contributed by atoms with Crippen molar-refractivity contribution < 1.29 is 0 Å². The van der Waals surface area contributed by atoms with E-state index in [-0.39, 0.29) is 5.54 Å². The normalized spacial score (nSPS) is 30.3. The second kappa shape index (κ2) is 6.79. The first-order valence-electron chi connectivity index (χ1n) is 8.45. The monoisotopic (exact) mass is 280 g/mol. The second-order valence-electron chi connectivity index (χ2n) is 6.43. The zero-order valence-corrected chi connectivity index (χ0v) is 13.6. The third-order valence-electron chi connectivity index (χ3n) is 5.53. The highest BCUT2D eigenvalue weighted by atomic mass is 15.4. The first kappa shape index (κ1) is 15.6. The third kappa shape index (κ3) is 3.11. The predicted molar refractivity (Wildman–Crippen MR) is 86.0 cm³/mol. The van der Waals surface area contributed by atoms with Crippen LogP contribution in [0.5, 0.6) is 0 Å². The minimum absolute atomic E-state index is 0.253. The summed E-state index contributed by atoms with van der Waals surface area (Å²) < 4.78 is 0. The number of nitrogens with zero attached hydrogens (tertiary/aromatic N) is 3. The number of rotatable bonds is 6. The lowest BCUT2D eigenvalue weighted by Crippen LogP contribution is -2.55. The Kier molecular flexibility index (Phi) is 5.30. The molecular formula is C16H32N4. The first-order valence-corrected chi connectivity index (χ1v) is 8.45. The van der Waals surface area contributed by atoms with Gasteiger partial charge < -0.3 is 15.5 Å². The molecule has 1 heterocycles. The molecule has 4 heteroatoms. The minimum Gasteiger partial charge on any atom is -0.370 e. The lowest BCUT2D eigenvalue weighted by Gasteiger charge is -2.44. The van der Waals surface area contributed by atoms with Gasteiger partial charge >= 0.3 is 0 Å². The maximum Gasteiger partial charge on any atom is 0.191 e. The van der Waals surface area contributed by atoms with E-state index >= 15 is 0 Å². The Morgan fingerprint density at radius 1 is 1.25 bits per heavy atom. The van der Waals surface area contributed by atoms with Gasteiger partial charge in [0.2, 0.25) is 0 Å². The lowest BCUT2D eigenvalue weighted by molar-refractivity contribution is 0.105. The molecular weight excluding hydrogens is 248 g/mol. The van der Waals surface area contributed by atoms with Gasteiger partial charge in [-0.15, -0.1) is 0 Å². The summed E-state index contributed by atoms with van der Waals surface area (Å²) in [4.78, 5) is 9.47. The first-order chi connectivity index (χ1) is 9.65. The SMILES string of the molecule is CCC1CCC2(CC1)CN=C(N)N2CCN(CC)CC. The molecule has 1 saturated carbocycles. The Morgan fingerprint density at radius 2 is 1.90 bits per heavy atom. The van der Waals surface area contributed by atoms with Crippen molar-refractivity contribution in [1.29, 1.82) is 0 Å². The summed E-state index contributed by atoms with van der Waals surface area (Å²) in [5.41, 5.74) is 6.43. The van der Waals surface area contributed by atoms with E-state index in [1.807, 2.05) is 0 Å². The Hall–Kier alpha value is -0.770. The van der Waals surface area contributed by atoms with Crippen molar-refractivity contribution in [2.24, 2.45) is 16.6 Å². The molecule has 0 bridgehead atoms. The highest BCUT2D eigenvalue weighted by Crippen LogP contribution is 2.40. The smallest absolute Gasteiger partial charge is 0.191 e. The summed E-state index contributed by atoms with van der Waals surface area (Å²) in [5, 5.41) is 0. The van der Waals surface area contributed by atoms with E-state index in [1.54, 1.807) is 0 Å². The quantitative estimate of drug-likeness (QED) is 0.812. The summed E-state index contributed by atoms with van der Waals surface area (Å²) in [5.74, 6) is 1.71. The summed E-state index contributed by atoms with van der Waals surface area (Å²) in [6.45, 7) is 12.1. The van der Waals surface area contributed by atoms with E-state index in [4.69, 9.17) is 5.73 Å². The minimum atomic E-state index is 0.253. The number of likely N-dealkylation sites (N-methyl/N-ethyl adjacent to an activating group) is 1. The molecule has 0 radical (unpaired) electrons. The number of hydrogen-bond donors (Lipinski definition) is 1. The maximum atomic E-state index is 6.18. The van der Waals surface area contributed by atoms with Crippen molar-refractivity contribution in [3.05, 3.63) is 0 Å². The molecule has 0 aromatic heterocycles. The average Bonchev–Trinajstić information content (AvgIpc) is 2.78. The summed E-state index contributed by atoms with van der Waals surface area (Å²) >= 11 is 0. The van der Waals surface area contributed by atoms with Crippen LogP contribution in [0.25, 0.3) is 0 Å². The van der Waals surface area contributed by atoms with Crippen LogP contribution in [0.3, 0.4) is 0 Å². The fourth-order valence-electron chi connectivity index (χ4n) is 3.83. The van der Waals surface area contributed by atoms with Crippen molar-refractivity contribution in [2.45, 2.75) is 58.4 Å². The van der Waals surface area contributed by atoms with E-state index in [2.05, 4.69) is 35.6 Å². The summed E-state index contributed by atoms with van der Waals surface area (Å²) in [7, 11) is 0. The van der Waals surface area contributed by atoms with E-state index in [0.717, 1.165) is 44.6 Å². The molecule has 0 aromatic rings. The molecule has 1 fully saturated rings. The molecule has 116 valence electrons. The summed E-state index contributed by atoms with van der Waals surface area (Å²) in [6, 6.07) is 0. The van der Waals surface area contributed by atoms with Gasteiger partial charge in [0.15, 0.2) is 5.96 Å². The van der Waals surface area contributed by atoms with Gasteiger partial charge in [-0.3, -0.25) is 4.99 Å². The van der Waals surface area contributed by atoms with Crippen molar-refractivity contribution in [2.75, 3.05) is 32.7 Å². The maximum absolute atomic E-state index is 6.18. The number of hydrogen-bond acceptors (Lipinski definition) is 4. The predicted octanol–water partition coefficient (Wildman–Crippen LogP) is 2.30. The van der Waals surface area contributed by atoms with Gasteiger partial charge in [0.1, 0.15) is 0 Å². The Morgan fingerprint density at radius 3 is 2.45 bits per heavy atom. The van der Waals surface area contributed by atoms with Crippen LogP contribution in [0.2, 0.25) is 0 Å². The van der Waals surface area contributed by atoms with Gasteiger partial charge in [0.25, 0.3) is 0 Å². The van der Waals surface area contributed by atoms with Crippen LogP contribution >= 0.6 is 0 Å². The average molecular weight is 280 g/mol. The Labute approximate surface area is 124 Å². The van der Waals surface area contributed by atoms with Gasteiger partial charge in [0.05, 0.1) is 12.1 Å². The molecule has 20 heavy (non-hydrogen) atoms. The fraction of sp³-hybridized carbons (Fsp3) is 0.938. The van der Waals surface area contributed by atoms with Crippen LogP contribution in [0, 0.1) is 5.92 Å². The Balaban J connectivity index is 1.96. The number of nitrogens with two attached hydrogens (primary N) is 1. The summed E-state index contributed by atoms with van der Waals surface area (Å²) in [6.07, 6.45) is 6.57. The number of aliphatic imine (C=N–C) groups is 1. The third-order valence-corrected chi connectivity index (χ3v) is 5.53. The van der Waals surface area contributed by atoms with Crippen LogP contribution in [0.15, 0.2) is 4.99 Å². The van der Waals surface area contributed by atoms with E-state index in [9.17, 15) is 0 Å². The molecule has 2 aliphatic rings. The van der Waals surface area contributed by atoms with Crippen LogP contribution < -0.4 is 5.73 Å². The van der Waals surface area contributed by atoms with Crippen molar-refractivity contribution in [3.8, 4) is 0 Å².